The standard InChI is InChI=1S/C16H22N4O2/c1-9(2)8-20-13(10(3)14(21)19-16(17)18)11-6-4-5-7-12(11)15(20)22/h4-7,9-10,22H,8H2,1-3H3,(H4,17,18,19,21). The van der Waals surface area contributed by atoms with Crippen molar-refractivity contribution in [3.05, 3.63) is 30.0 Å². The molecule has 0 spiro atoms. The van der Waals surface area contributed by atoms with E-state index < -0.39 is 11.8 Å². The van der Waals surface area contributed by atoms with E-state index in [0.29, 0.717) is 12.5 Å². The zero-order valence-electron chi connectivity index (χ0n) is 13.1. The number of nitrogens with two attached hydrogens (primary N) is 2. The van der Waals surface area contributed by atoms with E-state index in [2.05, 4.69) is 18.8 Å². The minimum Gasteiger partial charge on any atom is -0.494 e. The molecule has 1 aromatic carbocycles. The van der Waals surface area contributed by atoms with Crippen LogP contribution < -0.4 is 11.5 Å². The molecule has 0 aliphatic rings. The largest absolute Gasteiger partial charge is 0.494 e. The third kappa shape index (κ3) is 2.90. The van der Waals surface area contributed by atoms with Crippen LogP contribution in [-0.2, 0) is 11.3 Å². The number of amides is 1. The summed E-state index contributed by atoms with van der Waals surface area (Å²) >= 11 is 0. The summed E-state index contributed by atoms with van der Waals surface area (Å²) in [6, 6.07) is 7.46. The molecule has 5 N–H and O–H groups in total. The van der Waals surface area contributed by atoms with Crippen LogP contribution in [0.1, 0.15) is 32.4 Å². The van der Waals surface area contributed by atoms with Gasteiger partial charge >= 0.3 is 0 Å². The summed E-state index contributed by atoms with van der Waals surface area (Å²) in [4.78, 5) is 15.8. The van der Waals surface area contributed by atoms with Crippen molar-refractivity contribution >= 4 is 22.6 Å². The van der Waals surface area contributed by atoms with Gasteiger partial charge in [-0.1, -0.05) is 32.0 Å². The Morgan fingerprint density at radius 1 is 1.23 bits per heavy atom. The van der Waals surface area contributed by atoms with Crippen molar-refractivity contribution in [2.45, 2.75) is 33.2 Å². The maximum Gasteiger partial charge on any atom is 0.257 e. The molecule has 0 aliphatic carbocycles. The van der Waals surface area contributed by atoms with Gasteiger partial charge in [-0.05, 0) is 18.9 Å². The Labute approximate surface area is 129 Å². The fourth-order valence-corrected chi connectivity index (χ4v) is 2.66. The van der Waals surface area contributed by atoms with Crippen LogP contribution in [0.15, 0.2) is 29.3 Å². The number of hydrogen-bond acceptors (Lipinski definition) is 2. The normalized spacial score (nSPS) is 12.5. The third-order valence-corrected chi connectivity index (χ3v) is 3.56. The lowest BCUT2D eigenvalue weighted by Gasteiger charge is -2.16. The quantitative estimate of drug-likeness (QED) is 0.592. The molecule has 118 valence electrons. The number of rotatable bonds is 4. The van der Waals surface area contributed by atoms with Crippen LogP contribution >= 0.6 is 0 Å². The van der Waals surface area contributed by atoms with Crippen molar-refractivity contribution in [2.75, 3.05) is 0 Å². The fourth-order valence-electron chi connectivity index (χ4n) is 2.66. The minimum absolute atomic E-state index is 0.170. The molecular weight excluding hydrogens is 280 g/mol. The van der Waals surface area contributed by atoms with Crippen molar-refractivity contribution in [3.8, 4) is 5.88 Å². The fraction of sp³-hybridized carbons (Fsp3) is 0.375. The highest BCUT2D eigenvalue weighted by atomic mass is 16.3. The number of carbonyl (C=O) groups is 1. The van der Waals surface area contributed by atoms with Gasteiger partial charge in [0.15, 0.2) is 11.8 Å². The first-order valence-electron chi connectivity index (χ1n) is 7.26. The molecular formula is C16H22N4O2. The molecule has 2 rings (SSSR count). The molecule has 2 aromatic rings. The van der Waals surface area contributed by atoms with Gasteiger partial charge in [0.25, 0.3) is 5.91 Å². The Kier molecular flexibility index (Phi) is 4.40. The van der Waals surface area contributed by atoms with E-state index in [1.807, 2.05) is 24.3 Å². The number of carbonyl (C=O) groups excluding carboxylic acids is 1. The lowest BCUT2D eigenvalue weighted by atomic mass is 10.0. The molecule has 1 heterocycles. The number of guanidine groups is 1. The van der Waals surface area contributed by atoms with Crippen LogP contribution in [0, 0.1) is 5.92 Å². The van der Waals surface area contributed by atoms with E-state index in [9.17, 15) is 9.90 Å². The third-order valence-electron chi connectivity index (χ3n) is 3.56. The molecule has 22 heavy (non-hydrogen) atoms. The van der Waals surface area contributed by atoms with Crippen LogP contribution in [-0.4, -0.2) is 21.5 Å². The van der Waals surface area contributed by atoms with Crippen LogP contribution in [0.2, 0.25) is 0 Å². The number of benzene rings is 1. The van der Waals surface area contributed by atoms with Crippen molar-refractivity contribution < 1.29 is 9.90 Å². The first kappa shape index (κ1) is 15.9. The molecule has 0 radical (unpaired) electrons. The van der Waals surface area contributed by atoms with E-state index in [1.165, 1.54) is 0 Å². The topological polar surface area (TPSA) is 107 Å². The smallest absolute Gasteiger partial charge is 0.257 e. The SMILES string of the molecule is CC(C)Cn1c(O)c2ccccc2c1C(C)C(=O)N=C(N)N. The first-order chi connectivity index (χ1) is 10.3. The molecule has 6 nitrogen and oxygen atoms in total. The van der Waals surface area contributed by atoms with E-state index in [0.717, 1.165) is 16.5 Å². The zero-order valence-corrected chi connectivity index (χ0v) is 13.1. The lowest BCUT2D eigenvalue weighted by molar-refractivity contribution is -0.118. The summed E-state index contributed by atoms with van der Waals surface area (Å²) < 4.78 is 1.78. The number of aromatic hydroxyl groups is 1. The van der Waals surface area contributed by atoms with Gasteiger partial charge in [0.2, 0.25) is 0 Å². The predicted octanol–water partition coefficient (Wildman–Crippen LogP) is 1.91. The Morgan fingerprint density at radius 3 is 2.36 bits per heavy atom. The second kappa shape index (κ2) is 6.09. The van der Waals surface area contributed by atoms with Gasteiger partial charge in [-0.15, -0.1) is 0 Å². The monoisotopic (exact) mass is 302 g/mol. The maximum absolute atomic E-state index is 12.2. The van der Waals surface area contributed by atoms with E-state index in [1.54, 1.807) is 11.5 Å². The van der Waals surface area contributed by atoms with Gasteiger partial charge in [-0.25, -0.2) is 0 Å². The Balaban J connectivity index is 2.64. The molecule has 1 aromatic heterocycles. The van der Waals surface area contributed by atoms with E-state index >= 15 is 0 Å². The van der Waals surface area contributed by atoms with E-state index in [4.69, 9.17) is 11.5 Å². The number of aliphatic imine (C=N–C) groups is 1. The van der Waals surface area contributed by atoms with Crippen molar-refractivity contribution in [2.24, 2.45) is 22.4 Å². The van der Waals surface area contributed by atoms with Gasteiger partial charge in [0.1, 0.15) is 0 Å². The molecule has 1 atom stereocenters. The van der Waals surface area contributed by atoms with Gasteiger partial charge < -0.3 is 21.1 Å². The summed E-state index contributed by atoms with van der Waals surface area (Å²) in [6.45, 7) is 6.45. The molecule has 0 aliphatic heterocycles. The maximum atomic E-state index is 12.2. The van der Waals surface area contributed by atoms with Gasteiger partial charge in [0, 0.05) is 23.0 Å². The van der Waals surface area contributed by atoms with E-state index in [-0.39, 0.29) is 11.8 Å². The average Bonchev–Trinajstić information content (AvgIpc) is 2.70. The van der Waals surface area contributed by atoms with Crippen molar-refractivity contribution in [1.29, 1.82) is 0 Å². The molecule has 0 saturated heterocycles. The highest BCUT2D eigenvalue weighted by Crippen LogP contribution is 2.36. The average molecular weight is 302 g/mol. The minimum atomic E-state index is -0.549. The summed E-state index contributed by atoms with van der Waals surface area (Å²) in [5.41, 5.74) is 11.3. The number of hydrogen-bond donors (Lipinski definition) is 3. The Bertz CT molecular complexity index is 727. The lowest BCUT2D eigenvalue weighted by Crippen LogP contribution is -2.26. The van der Waals surface area contributed by atoms with Gasteiger partial charge in [0.05, 0.1) is 5.92 Å². The molecule has 1 amide bonds. The van der Waals surface area contributed by atoms with Crippen LogP contribution in [0.3, 0.4) is 0 Å². The first-order valence-corrected chi connectivity index (χ1v) is 7.26. The molecule has 0 fully saturated rings. The van der Waals surface area contributed by atoms with Crippen LogP contribution in [0.25, 0.3) is 10.8 Å². The molecule has 6 heteroatoms. The highest BCUT2D eigenvalue weighted by Gasteiger charge is 2.25. The van der Waals surface area contributed by atoms with Crippen molar-refractivity contribution in [1.82, 2.24) is 4.57 Å². The number of nitrogens with zero attached hydrogens (tertiary/aromatic N) is 2. The summed E-state index contributed by atoms with van der Waals surface area (Å²) in [7, 11) is 0. The summed E-state index contributed by atoms with van der Waals surface area (Å²) in [5.74, 6) is -0.743. The number of fused-ring (bicyclic) bond motifs is 1. The van der Waals surface area contributed by atoms with Crippen LogP contribution in [0.5, 0.6) is 5.88 Å². The molecule has 0 saturated carbocycles. The Hall–Kier alpha value is -2.50. The second-order valence-corrected chi connectivity index (χ2v) is 5.86. The van der Waals surface area contributed by atoms with Gasteiger partial charge in [-0.2, -0.15) is 4.99 Å². The predicted molar refractivity (Wildman–Crippen MR) is 87.7 cm³/mol. The Morgan fingerprint density at radius 2 is 1.82 bits per heavy atom. The zero-order chi connectivity index (χ0) is 16.4. The number of aromatic nitrogens is 1. The molecule has 0 bridgehead atoms. The second-order valence-electron chi connectivity index (χ2n) is 5.86. The van der Waals surface area contributed by atoms with Gasteiger partial charge in [-0.3, -0.25) is 4.79 Å². The van der Waals surface area contributed by atoms with Crippen LogP contribution in [0.4, 0.5) is 0 Å². The summed E-state index contributed by atoms with van der Waals surface area (Å²) in [5, 5.41) is 12.1. The molecule has 1 unspecified atom stereocenters. The highest BCUT2D eigenvalue weighted by molar-refractivity contribution is 5.99. The van der Waals surface area contributed by atoms with Crippen molar-refractivity contribution in [3.63, 3.8) is 0 Å². The summed E-state index contributed by atoms with van der Waals surface area (Å²) in [6.07, 6.45) is 0.